The molecule has 0 atom stereocenters. The summed E-state index contributed by atoms with van der Waals surface area (Å²) in [5.74, 6) is 0. The fourth-order valence-corrected chi connectivity index (χ4v) is 2.40. The van der Waals surface area contributed by atoms with Gasteiger partial charge in [-0.25, -0.2) is 0 Å². The molecule has 0 bridgehead atoms. The third kappa shape index (κ3) is 2.61. The maximum atomic E-state index is 6.10. The summed E-state index contributed by atoms with van der Waals surface area (Å²) in [5, 5.41) is 5.19. The third-order valence-corrected chi connectivity index (χ3v) is 3.46. The maximum Gasteiger partial charge on any atom is 0.0727 e. The summed E-state index contributed by atoms with van der Waals surface area (Å²) in [5.41, 5.74) is 5.26. The van der Waals surface area contributed by atoms with E-state index in [2.05, 4.69) is 41.5 Å². The van der Waals surface area contributed by atoms with E-state index in [9.17, 15) is 0 Å². The van der Waals surface area contributed by atoms with Gasteiger partial charge >= 0.3 is 0 Å². The van der Waals surface area contributed by atoms with Gasteiger partial charge in [0, 0.05) is 27.5 Å². The fraction of sp³-hybridized carbons (Fsp3) is 0.118. The fourth-order valence-electron chi connectivity index (χ4n) is 2.23. The molecule has 0 unspecified atom stereocenters. The van der Waals surface area contributed by atoms with E-state index in [0.717, 1.165) is 33.0 Å². The zero-order valence-electron chi connectivity index (χ0n) is 11.4. The van der Waals surface area contributed by atoms with Crippen molar-refractivity contribution in [2.75, 3.05) is 5.32 Å². The number of rotatable bonds is 2. The van der Waals surface area contributed by atoms with Gasteiger partial charge < -0.3 is 5.32 Å². The second-order valence-corrected chi connectivity index (χ2v) is 5.40. The third-order valence-electron chi connectivity index (χ3n) is 3.23. The Kier molecular flexibility index (Phi) is 3.33. The molecule has 2 aromatic carbocycles. The number of halogens is 1. The highest BCUT2D eigenvalue weighted by Crippen LogP contribution is 2.28. The monoisotopic (exact) mass is 282 g/mol. The normalized spacial score (nSPS) is 10.8. The summed E-state index contributed by atoms with van der Waals surface area (Å²) in [6, 6.07) is 16.1. The summed E-state index contributed by atoms with van der Waals surface area (Å²) in [7, 11) is 0. The lowest BCUT2D eigenvalue weighted by molar-refractivity contribution is 1.25. The molecule has 0 aliphatic carbocycles. The molecule has 0 radical (unpaired) electrons. The van der Waals surface area contributed by atoms with E-state index >= 15 is 0 Å². The van der Waals surface area contributed by atoms with E-state index in [-0.39, 0.29) is 0 Å². The van der Waals surface area contributed by atoms with Gasteiger partial charge in [0.15, 0.2) is 0 Å². The van der Waals surface area contributed by atoms with Crippen molar-refractivity contribution in [1.29, 1.82) is 0 Å². The van der Waals surface area contributed by atoms with Gasteiger partial charge in [-0.3, -0.25) is 4.98 Å². The van der Waals surface area contributed by atoms with Gasteiger partial charge in [0.2, 0.25) is 0 Å². The van der Waals surface area contributed by atoms with Crippen LogP contribution in [0.25, 0.3) is 10.9 Å². The molecule has 0 spiro atoms. The van der Waals surface area contributed by atoms with Gasteiger partial charge in [0.05, 0.1) is 5.52 Å². The predicted octanol–water partition coefficient (Wildman–Crippen LogP) is 5.25. The van der Waals surface area contributed by atoms with Crippen LogP contribution < -0.4 is 5.32 Å². The predicted molar refractivity (Wildman–Crippen MR) is 86.0 cm³/mol. The van der Waals surface area contributed by atoms with Gasteiger partial charge in [0.25, 0.3) is 0 Å². The first-order valence-electron chi connectivity index (χ1n) is 6.52. The molecular formula is C17H15ClN2. The SMILES string of the molecule is Cc1ccc(Nc2cc(C)nc3ccc(Cl)cc23)cc1. The van der Waals surface area contributed by atoms with Crippen LogP contribution in [0.4, 0.5) is 11.4 Å². The second kappa shape index (κ2) is 5.14. The standard InChI is InChI=1S/C17H15ClN2/c1-11-3-6-14(7-4-11)20-17-9-12(2)19-16-8-5-13(18)10-15(16)17/h3-10H,1-2H3,(H,19,20). The molecule has 0 saturated carbocycles. The van der Waals surface area contributed by atoms with Gasteiger partial charge in [0.1, 0.15) is 0 Å². The van der Waals surface area contributed by atoms with Crippen LogP contribution in [0.5, 0.6) is 0 Å². The van der Waals surface area contributed by atoms with Crippen LogP contribution in [-0.4, -0.2) is 4.98 Å². The van der Waals surface area contributed by atoms with Crippen LogP contribution in [0.2, 0.25) is 5.02 Å². The highest BCUT2D eigenvalue weighted by Gasteiger charge is 2.05. The molecule has 1 aromatic heterocycles. The Morgan fingerprint density at radius 1 is 0.950 bits per heavy atom. The highest BCUT2D eigenvalue weighted by molar-refractivity contribution is 6.31. The van der Waals surface area contributed by atoms with Crippen molar-refractivity contribution in [2.45, 2.75) is 13.8 Å². The number of fused-ring (bicyclic) bond motifs is 1. The molecule has 0 aliphatic rings. The number of pyridine rings is 1. The smallest absolute Gasteiger partial charge is 0.0727 e. The number of nitrogens with one attached hydrogen (secondary N) is 1. The zero-order valence-corrected chi connectivity index (χ0v) is 12.2. The molecule has 3 heteroatoms. The second-order valence-electron chi connectivity index (χ2n) is 4.96. The Hall–Kier alpha value is -2.06. The van der Waals surface area contributed by atoms with Gasteiger partial charge in [-0.15, -0.1) is 0 Å². The number of anilines is 2. The Labute approximate surface area is 123 Å². The van der Waals surface area contributed by atoms with E-state index in [0.29, 0.717) is 0 Å². The number of hydrogen-bond donors (Lipinski definition) is 1. The zero-order chi connectivity index (χ0) is 14.1. The minimum absolute atomic E-state index is 0.718. The van der Waals surface area contributed by atoms with Crippen molar-refractivity contribution >= 4 is 33.9 Å². The van der Waals surface area contributed by atoms with E-state index in [1.807, 2.05) is 31.2 Å². The van der Waals surface area contributed by atoms with Crippen LogP contribution in [0.3, 0.4) is 0 Å². The minimum Gasteiger partial charge on any atom is -0.355 e. The molecule has 100 valence electrons. The molecule has 3 aromatic rings. The van der Waals surface area contributed by atoms with Crippen molar-refractivity contribution in [3.63, 3.8) is 0 Å². The van der Waals surface area contributed by atoms with Crippen LogP contribution in [0.1, 0.15) is 11.3 Å². The van der Waals surface area contributed by atoms with Gasteiger partial charge in [-0.1, -0.05) is 29.3 Å². The first kappa shape index (κ1) is 12.9. The molecule has 0 amide bonds. The Morgan fingerprint density at radius 2 is 1.70 bits per heavy atom. The number of aromatic nitrogens is 1. The molecule has 2 nitrogen and oxygen atoms in total. The lowest BCUT2D eigenvalue weighted by atomic mass is 10.1. The van der Waals surface area contributed by atoms with Crippen molar-refractivity contribution < 1.29 is 0 Å². The van der Waals surface area contributed by atoms with E-state index in [4.69, 9.17) is 11.6 Å². The first-order valence-corrected chi connectivity index (χ1v) is 6.90. The summed E-state index contributed by atoms with van der Waals surface area (Å²) in [6.07, 6.45) is 0. The van der Waals surface area contributed by atoms with Crippen molar-refractivity contribution in [2.24, 2.45) is 0 Å². The molecule has 3 rings (SSSR count). The van der Waals surface area contributed by atoms with Gasteiger partial charge in [-0.05, 0) is 50.2 Å². The number of hydrogen-bond acceptors (Lipinski definition) is 2. The summed E-state index contributed by atoms with van der Waals surface area (Å²) in [6.45, 7) is 4.07. The van der Waals surface area contributed by atoms with E-state index in [1.54, 1.807) is 0 Å². The average molecular weight is 283 g/mol. The topological polar surface area (TPSA) is 24.9 Å². The Balaban J connectivity index is 2.10. The lowest BCUT2D eigenvalue weighted by Crippen LogP contribution is -1.94. The largest absolute Gasteiger partial charge is 0.355 e. The van der Waals surface area contributed by atoms with Crippen LogP contribution in [0.15, 0.2) is 48.5 Å². The number of nitrogens with zero attached hydrogens (tertiary/aromatic N) is 1. The molecule has 1 N–H and O–H groups in total. The first-order chi connectivity index (χ1) is 9.61. The highest BCUT2D eigenvalue weighted by atomic mass is 35.5. The molecular weight excluding hydrogens is 268 g/mol. The molecule has 1 heterocycles. The quantitative estimate of drug-likeness (QED) is 0.694. The molecule has 20 heavy (non-hydrogen) atoms. The average Bonchev–Trinajstić information content (AvgIpc) is 2.42. The van der Waals surface area contributed by atoms with E-state index in [1.165, 1.54) is 5.56 Å². The Morgan fingerprint density at radius 3 is 2.45 bits per heavy atom. The van der Waals surface area contributed by atoms with Crippen molar-refractivity contribution in [3.05, 3.63) is 64.8 Å². The van der Waals surface area contributed by atoms with Gasteiger partial charge in [-0.2, -0.15) is 0 Å². The Bertz CT molecular complexity index is 764. The summed E-state index contributed by atoms with van der Waals surface area (Å²) < 4.78 is 0. The lowest BCUT2D eigenvalue weighted by Gasteiger charge is -2.11. The summed E-state index contributed by atoms with van der Waals surface area (Å²) >= 11 is 6.10. The van der Waals surface area contributed by atoms with Crippen LogP contribution in [0, 0.1) is 13.8 Å². The summed E-state index contributed by atoms with van der Waals surface area (Å²) in [4.78, 5) is 4.53. The molecule has 0 aliphatic heterocycles. The molecule has 0 fully saturated rings. The minimum atomic E-state index is 0.718. The number of aryl methyl sites for hydroxylation is 2. The van der Waals surface area contributed by atoms with E-state index < -0.39 is 0 Å². The van der Waals surface area contributed by atoms with Crippen LogP contribution in [-0.2, 0) is 0 Å². The van der Waals surface area contributed by atoms with Crippen molar-refractivity contribution in [3.8, 4) is 0 Å². The maximum absolute atomic E-state index is 6.10. The van der Waals surface area contributed by atoms with Crippen LogP contribution >= 0.6 is 11.6 Å². The molecule has 0 saturated heterocycles. The van der Waals surface area contributed by atoms with Crippen molar-refractivity contribution in [1.82, 2.24) is 4.98 Å². The number of benzene rings is 2.